The van der Waals surface area contributed by atoms with Crippen molar-refractivity contribution < 1.29 is 13.6 Å². The van der Waals surface area contributed by atoms with Gasteiger partial charge in [-0.2, -0.15) is 5.26 Å². The van der Waals surface area contributed by atoms with E-state index >= 15 is 0 Å². The van der Waals surface area contributed by atoms with Crippen LogP contribution in [0.15, 0.2) is 22.8 Å². The molecule has 0 N–H and O–H groups in total. The first kappa shape index (κ1) is 18.8. The van der Waals surface area contributed by atoms with Crippen LogP contribution in [0.25, 0.3) is 0 Å². The fourth-order valence-corrected chi connectivity index (χ4v) is 4.83. The van der Waals surface area contributed by atoms with Gasteiger partial charge in [0.15, 0.2) is 5.78 Å². The van der Waals surface area contributed by atoms with E-state index in [0.717, 1.165) is 31.3 Å². The van der Waals surface area contributed by atoms with E-state index in [4.69, 9.17) is 0 Å². The third-order valence-electron chi connectivity index (χ3n) is 6.20. The molecule has 2 rings (SSSR count). The van der Waals surface area contributed by atoms with Gasteiger partial charge < -0.3 is 0 Å². The average Bonchev–Trinajstić information content (AvgIpc) is 2.66. The Bertz CT molecular complexity index is 624. The Morgan fingerprint density at radius 1 is 1.42 bits per heavy atom. The summed E-state index contributed by atoms with van der Waals surface area (Å²) in [6, 6.07) is 2.08. The summed E-state index contributed by atoms with van der Waals surface area (Å²) >= 11 is 0. The molecule has 0 aromatic carbocycles. The van der Waals surface area contributed by atoms with E-state index in [1.54, 1.807) is 0 Å². The van der Waals surface area contributed by atoms with Crippen LogP contribution in [-0.4, -0.2) is 12.2 Å². The lowest BCUT2D eigenvalue weighted by Gasteiger charge is -2.48. The molecule has 0 fully saturated rings. The van der Waals surface area contributed by atoms with Crippen molar-refractivity contribution in [2.45, 2.75) is 72.6 Å². The second-order valence-corrected chi connectivity index (χ2v) is 7.89. The first-order valence-corrected chi connectivity index (χ1v) is 8.81. The number of fused-ring (bicyclic) bond motifs is 1. The molecule has 0 radical (unpaired) electrons. The van der Waals surface area contributed by atoms with E-state index < -0.39 is 11.8 Å². The smallest absolute Gasteiger partial charge is 0.238 e. The van der Waals surface area contributed by atoms with Gasteiger partial charge >= 0.3 is 0 Å². The lowest BCUT2D eigenvalue weighted by Crippen LogP contribution is -2.47. The second-order valence-electron chi connectivity index (χ2n) is 7.89. The van der Waals surface area contributed by atoms with Gasteiger partial charge in [-0.05, 0) is 50.4 Å². The predicted molar refractivity (Wildman–Crippen MR) is 90.5 cm³/mol. The van der Waals surface area contributed by atoms with E-state index in [2.05, 4.69) is 13.0 Å². The minimum Gasteiger partial charge on any atom is -0.293 e. The first-order chi connectivity index (χ1) is 11.2. The van der Waals surface area contributed by atoms with Crippen molar-refractivity contribution in [3.05, 3.63) is 22.8 Å². The maximum atomic E-state index is 12.7. The van der Waals surface area contributed by atoms with Crippen LogP contribution in [0, 0.1) is 28.1 Å². The van der Waals surface area contributed by atoms with Crippen LogP contribution in [0.2, 0.25) is 0 Å². The zero-order chi connectivity index (χ0) is 18.1. The number of Topliss-reactive ketones (excluding diaryl/α,β-unsaturated/α-hetero) is 1. The quantitative estimate of drug-likeness (QED) is 0.627. The molecule has 132 valence electrons. The molecule has 0 spiro atoms. The van der Waals surface area contributed by atoms with Crippen LogP contribution in [0.3, 0.4) is 0 Å². The number of rotatable bonds is 4. The van der Waals surface area contributed by atoms with E-state index in [-0.39, 0.29) is 29.1 Å². The zero-order valence-electron chi connectivity index (χ0n) is 15.1. The minimum atomic E-state index is -2.28. The Labute approximate surface area is 143 Å². The van der Waals surface area contributed by atoms with Crippen molar-refractivity contribution in [1.29, 1.82) is 5.26 Å². The fourth-order valence-electron chi connectivity index (χ4n) is 4.83. The molecule has 0 aromatic heterocycles. The highest BCUT2D eigenvalue weighted by atomic mass is 19.3. The Morgan fingerprint density at radius 3 is 2.62 bits per heavy atom. The first-order valence-electron chi connectivity index (χ1n) is 8.81. The van der Waals surface area contributed by atoms with Gasteiger partial charge in [0.05, 0.1) is 5.57 Å². The molecule has 0 bridgehead atoms. The molecule has 4 heteroatoms. The topological polar surface area (TPSA) is 40.9 Å². The summed E-state index contributed by atoms with van der Waals surface area (Å²) in [5, 5.41) is 9.39. The number of hydrogen-bond acceptors (Lipinski definition) is 2. The number of nitriles is 1. The molecule has 24 heavy (non-hydrogen) atoms. The standard InChI is InChI=1S/C20H27F2NO/c1-5-20-10-13(2)14(7-9-17(21)22)6-8-16(20)19(3,4)18(24)15(11-20)12-23/h11,16-17H,5-10H2,1-4H3/t16-,20-/m1/s1. The molecule has 2 nitrogen and oxygen atoms in total. The molecular weight excluding hydrogens is 308 g/mol. The van der Waals surface area contributed by atoms with Crippen molar-refractivity contribution in [3.63, 3.8) is 0 Å². The van der Waals surface area contributed by atoms with Crippen LogP contribution < -0.4 is 0 Å². The number of allylic oxidation sites excluding steroid dienone is 4. The van der Waals surface area contributed by atoms with Gasteiger partial charge in [-0.25, -0.2) is 8.78 Å². The molecule has 0 amide bonds. The minimum absolute atomic E-state index is 0.0761. The molecule has 0 heterocycles. The van der Waals surface area contributed by atoms with Crippen molar-refractivity contribution in [2.75, 3.05) is 0 Å². The predicted octanol–water partition coefficient (Wildman–Crippen LogP) is 5.60. The Hall–Kier alpha value is -1.50. The highest BCUT2D eigenvalue weighted by Crippen LogP contribution is 2.56. The number of carbonyl (C=O) groups excluding carboxylic acids is 1. The molecule has 0 saturated carbocycles. The molecule has 2 aliphatic carbocycles. The van der Waals surface area contributed by atoms with Gasteiger partial charge in [-0.1, -0.05) is 38.0 Å². The largest absolute Gasteiger partial charge is 0.293 e. The third-order valence-corrected chi connectivity index (χ3v) is 6.20. The maximum absolute atomic E-state index is 12.7. The van der Waals surface area contributed by atoms with Crippen molar-refractivity contribution in [2.24, 2.45) is 16.7 Å². The van der Waals surface area contributed by atoms with Crippen molar-refractivity contribution >= 4 is 5.78 Å². The maximum Gasteiger partial charge on any atom is 0.238 e. The van der Waals surface area contributed by atoms with Crippen LogP contribution in [0.1, 0.15) is 66.2 Å². The van der Waals surface area contributed by atoms with Gasteiger partial charge in [0.1, 0.15) is 6.07 Å². The number of ketones is 1. The van der Waals surface area contributed by atoms with Gasteiger partial charge in [0.2, 0.25) is 6.43 Å². The summed E-state index contributed by atoms with van der Waals surface area (Å²) in [4.78, 5) is 12.7. The Morgan fingerprint density at radius 2 is 2.08 bits per heavy atom. The van der Waals surface area contributed by atoms with Gasteiger partial charge in [-0.3, -0.25) is 4.79 Å². The Balaban J connectivity index is 2.45. The number of carbonyl (C=O) groups is 1. The van der Waals surface area contributed by atoms with E-state index in [1.807, 2.05) is 26.8 Å². The SMILES string of the molecule is CC[C@@]12C=C(C#N)C(=O)C(C)(C)[C@H]1CCC(CCC(F)F)=C(C)C2. The van der Waals surface area contributed by atoms with Crippen LogP contribution in [0.5, 0.6) is 0 Å². The van der Waals surface area contributed by atoms with Gasteiger partial charge in [-0.15, -0.1) is 0 Å². The molecule has 0 aromatic rings. The third kappa shape index (κ3) is 3.18. The highest BCUT2D eigenvalue weighted by molar-refractivity contribution is 6.04. The molecule has 0 unspecified atom stereocenters. The highest BCUT2D eigenvalue weighted by Gasteiger charge is 2.52. The normalized spacial score (nSPS) is 29.8. The molecular formula is C20H27F2NO. The molecule has 2 atom stereocenters. The molecule has 0 saturated heterocycles. The van der Waals surface area contributed by atoms with Crippen molar-refractivity contribution in [1.82, 2.24) is 0 Å². The van der Waals surface area contributed by atoms with Crippen molar-refractivity contribution in [3.8, 4) is 6.07 Å². The fraction of sp³-hybridized carbons (Fsp3) is 0.700. The monoisotopic (exact) mass is 335 g/mol. The van der Waals surface area contributed by atoms with E-state index in [0.29, 0.717) is 6.42 Å². The van der Waals surface area contributed by atoms with E-state index in [9.17, 15) is 18.8 Å². The van der Waals surface area contributed by atoms with Crippen LogP contribution in [-0.2, 0) is 4.79 Å². The van der Waals surface area contributed by atoms with Crippen LogP contribution >= 0.6 is 0 Å². The number of halogens is 2. The van der Waals surface area contributed by atoms with Gasteiger partial charge in [0.25, 0.3) is 0 Å². The second kappa shape index (κ2) is 6.78. The molecule has 0 aliphatic heterocycles. The molecule has 2 aliphatic rings. The lowest BCUT2D eigenvalue weighted by molar-refractivity contribution is -0.130. The summed E-state index contributed by atoms with van der Waals surface area (Å²) in [6.07, 6.45) is 3.14. The average molecular weight is 335 g/mol. The lowest BCUT2D eigenvalue weighted by atomic mass is 9.53. The summed E-state index contributed by atoms with van der Waals surface area (Å²) < 4.78 is 25.2. The van der Waals surface area contributed by atoms with E-state index in [1.165, 1.54) is 5.57 Å². The number of alkyl halides is 2. The summed E-state index contributed by atoms with van der Waals surface area (Å²) in [7, 11) is 0. The number of hydrogen-bond donors (Lipinski definition) is 0. The van der Waals surface area contributed by atoms with Gasteiger partial charge in [0, 0.05) is 11.8 Å². The van der Waals surface area contributed by atoms with Crippen LogP contribution in [0.4, 0.5) is 8.78 Å². The summed E-state index contributed by atoms with van der Waals surface area (Å²) in [5.41, 5.74) is 1.74. The zero-order valence-corrected chi connectivity index (χ0v) is 15.1. The Kier molecular flexibility index (Phi) is 5.32. The number of nitrogens with zero attached hydrogens (tertiary/aromatic N) is 1. The summed E-state index contributed by atoms with van der Waals surface area (Å²) in [5.74, 6) is 0.0614. The summed E-state index contributed by atoms with van der Waals surface area (Å²) in [6.45, 7) is 8.01.